The van der Waals surface area contributed by atoms with Crippen LogP contribution in [0.15, 0.2) is 35.1 Å². The Morgan fingerprint density at radius 2 is 1.78 bits per heavy atom. The summed E-state index contributed by atoms with van der Waals surface area (Å²) in [6, 6.07) is 6.36. The molecule has 0 saturated carbocycles. The lowest BCUT2D eigenvalue weighted by Gasteiger charge is -2.12. The van der Waals surface area contributed by atoms with Crippen LogP contribution in [0, 0.1) is 11.6 Å². The van der Waals surface area contributed by atoms with E-state index < -0.39 is 17.2 Å². The van der Waals surface area contributed by atoms with Gasteiger partial charge in [-0.2, -0.15) is 0 Å². The number of aromatic nitrogens is 1. The molecule has 0 atom stereocenters. The van der Waals surface area contributed by atoms with Crippen molar-refractivity contribution in [3.8, 4) is 11.3 Å². The van der Waals surface area contributed by atoms with Crippen LogP contribution in [0.3, 0.4) is 0 Å². The van der Waals surface area contributed by atoms with Gasteiger partial charge in [-0.3, -0.25) is 4.79 Å². The van der Waals surface area contributed by atoms with Crippen molar-refractivity contribution < 1.29 is 8.78 Å². The predicted molar refractivity (Wildman–Crippen MR) is 66.7 cm³/mol. The molecule has 0 bridgehead atoms. The summed E-state index contributed by atoms with van der Waals surface area (Å²) in [6.45, 7) is 1.99. The molecule has 0 aliphatic rings. The quantitative estimate of drug-likeness (QED) is 0.818. The van der Waals surface area contributed by atoms with Gasteiger partial charge in [0.25, 0.3) is 5.56 Å². The first-order valence-corrected chi connectivity index (χ1v) is 5.77. The van der Waals surface area contributed by atoms with E-state index in [0.717, 1.165) is 12.1 Å². The van der Waals surface area contributed by atoms with Gasteiger partial charge in [0.1, 0.15) is 16.7 Å². The number of halogens is 3. The van der Waals surface area contributed by atoms with Crippen LogP contribution < -0.4 is 5.56 Å². The molecule has 0 N–H and O–H groups in total. The topological polar surface area (TPSA) is 22.0 Å². The average Bonchev–Trinajstić information content (AvgIpc) is 2.33. The van der Waals surface area contributed by atoms with E-state index in [9.17, 15) is 13.6 Å². The van der Waals surface area contributed by atoms with E-state index in [0.29, 0.717) is 0 Å². The van der Waals surface area contributed by atoms with Crippen LogP contribution >= 0.6 is 11.6 Å². The highest BCUT2D eigenvalue weighted by molar-refractivity contribution is 6.30. The van der Waals surface area contributed by atoms with Gasteiger partial charge >= 0.3 is 0 Å². The third-order valence-electron chi connectivity index (χ3n) is 2.66. The fourth-order valence-corrected chi connectivity index (χ4v) is 1.99. The monoisotopic (exact) mass is 269 g/mol. The van der Waals surface area contributed by atoms with Crippen molar-refractivity contribution in [3.05, 3.63) is 57.3 Å². The normalized spacial score (nSPS) is 10.7. The van der Waals surface area contributed by atoms with Gasteiger partial charge in [-0.15, -0.1) is 0 Å². The first-order valence-electron chi connectivity index (χ1n) is 5.40. The van der Waals surface area contributed by atoms with E-state index in [2.05, 4.69) is 0 Å². The fourth-order valence-electron chi connectivity index (χ4n) is 1.83. The Kier molecular flexibility index (Phi) is 3.48. The van der Waals surface area contributed by atoms with E-state index in [-0.39, 0.29) is 22.8 Å². The molecular formula is C13H10ClF2NO. The number of benzene rings is 1. The van der Waals surface area contributed by atoms with E-state index in [4.69, 9.17) is 11.6 Å². The fraction of sp³-hybridized carbons (Fsp3) is 0.154. The third-order valence-corrected chi connectivity index (χ3v) is 2.95. The zero-order valence-corrected chi connectivity index (χ0v) is 10.3. The van der Waals surface area contributed by atoms with E-state index in [1.807, 2.05) is 0 Å². The van der Waals surface area contributed by atoms with Crippen molar-refractivity contribution in [2.45, 2.75) is 13.5 Å². The molecule has 1 aromatic carbocycles. The van der Waals surface area contributed by atoms with E-state index in [1.54, 1.807) is 6.92 Å². The highest BCUT2D eigenvalue weighted by Gasteiger charge is 2.15. The molecular weight excluding hydrogens is 260 g/mol. The Hall–Kier alpha value is -1.68. The number of pyridine rings is 1. The van der Waals surface area contributed by atoms with Crippen molar-refractivity contribution in [1.29, 1.82) is 0 Å². The third kappa shape index (κ3) is 2.04. The maximum atomic E-state index is 13.7. The summed E-state index contributed by atoms with van der Waals surface area (Å²) in [7, 11) is 0. The Labute approximate surface area is 107 Å². The molecule has 18 heavy (non-hydrogen) atoms. The van der Waals surface area contributed by atoms with Crippen LogP contribution in [0.4, 0.5) is 8.78 Å². The highest BCUT2D eigenvalue weighted by Crippen LogP contribution is 2.25. The second-order valence-electron chi connectivity index (χ2n) is 3.71. The van der Waals surface area contributed by atoms with Gasteiger partial charge < -0.3 is 4.57 Å². The molecule has 0 saturated heterocycles. The molecule has 0 spiro atoms. The van der Waals surface area contributed by atoms with Crippen LogP contribution in [-0.2, 0) is 6.54 Å². The van der Waals surface area contributed by atoms with Gasteiger partial charge in [-0.05, 0) is 31.2 Å². The molecule has 2 aromatic rings. The van der Waals surface area contributed by atoms with Gasteiger partial charge in [0.05, 0.1) is 11.3 Å². The molecule has 5 heteroatoms. The molecule has 0 fully saturated rings. The van der Waals surface area contributed by atoms with Crippen molar-refractivity contribution in [2.24, 2.45) is 0 Å². The Balaban J connectivity index is 2.80. The summed E-state index contributed by atoms with van der Waals surface area (Å²) in [5.74, 6) is -1.42. The van der Waals surface area contributed by atoms with Crippen molar-refractivity contribution >= 4 is 11.6 Å². The lowest BCUT2D eigenvalue weighted by atomic mass is 10.1. The van der Waals surface area contributed by atoms with Crippen molar-refractivity contribution in [2.75, 3.05) is 0 Å². The van der Waals surface area contributed by atoms with Gasteiger partial charge in [0, 0.05) is 6.54 Å². The highest BCUT2D eigenvalue weighted by atomic mass is 35.5. The summed E-state index contributed by atoms with van der Waals surface area (Å²) in [5, 5.41) is 0.0253. The summed E-state index contributed by atoms with van der Waals surface area (Å²) in [6.07, 6.45) is 0. The molecule has 1 aromatic heterocycles. The van der Waals surface area contributed by atoms with Crippen LogP contribution in [-0.4, -0.2) is 4.57 Å². The molecule has 0 aliphatic heterocycles. The van der Waals surface area contributed by atoms with Gasteiger partial charge in [-0.1, -0.05) is 17.7 Å². The van der Waals surface area contributed by atoms with Crippen LogP contribution in [0.25, 0.3) is 11.3 Å². The maximum Gasteiger partial charge on any atom is 0.269 e. The predicted octanol–water partition coefficient (Wildman–Crippen LogP) is 3.47. The minimum atomic E-state index is -0.709. The second-order valence-corrected chi connectivity index (χ2v) is 4.12. The van der Waals surface area contributed by atoms with Crippen molar-refractivity contribution in [1.82, 2.24) is 4.57 Å². The van der Waals surface area contributed by atoms with E-state index >= 15 is 0 Å². The Morgan fingerprint density at radius 1 is 1.17 bits per heavy atom. The lowest BCUT2D eigenvalue weighted by molar-refractivity contribution is 0.584. The molecule has 2 rings (SSSR count). The molecule has 0 aliphatic carbocycles. The number of hydrogen-bond acceptors (Lipinski definition) is 1. The summed E-state index contributed by atoms with van der Waals surface area (Å²) in [5.41, 5.74) is -0.491. The zero-order valence-electron chi connectivity index (χ0n) is 9.58. The standard InChI is InChI=1S/C13H10ClF2NO/c1-2-17-11(7-6-8(14)13(17)18)12-9(15)4-3-5-10(12)16/h3-7H,2H2,1H3. The minimum absolute atomic E-state index is 0.0253. The van der Waals surface area contributed by atoms with Crippen LogP contribution in [0.5, 0.6) is 0 Å². The number of rotatable bonds is 2. The molecule has 1 heterocycles. The van der Waals surface area contributed by atoms with Gasteiger partial charge in [0.15, 0.2) is 0 Å². The molecule has 94 valence electrons. The summed E-state index contributed by atoms with van der Waals surface area (Å²) in [4.78, 5) is 11.8. The van der Waals surface area contributed by atoms with Crippen LogP contribution in [0.2, 0.25) is 5.02 Å². The smallest absolute Gasteiger partial charge is 0.269 e. The average molecular weight is 270 g/mol. The molecule has 2 nitrogen and oxygen atoms in total. The molecule has 0 amide bonds. The minimum Gasteiger partial charge on any atom is -0.307 e. The van der Waals surface area contributed by atoms with Gasteiger partial charge in [-0.25, -0.2) is 8.78 Å². The second kappa shape index (κ2) is 4.90. The maximum absolute atomic E-state index is 13.7. The van der Waals surface area contributed by atoms with Crippen molar-refractivity contribution in [3.63, 3.8) is 0 Å². The molecule has 0 unspecified atom stereocenters. The Bertz CT molecular complexity index is 632. The largest absolute Gasteiger partial charge is 0.307 e. The SMILES string of the molecule is CCn1c(-c2c(F)cccc2F)ccc(Cl)c1=O. The zero-order chi connectivity index (χ0) is 13.3. The summed E-state index contributed by atoms with van der Waals surface area (Å²) >= 11 is 5.71. The summed E-state index contributed by atoms with van der Waals surface area (Å²) < 4.78 is 28.6. The van der Waals surface area contributed by atoms with E-state index in [1.165, 1.54) is 22.8 Å². The number of hydrogen-bond donors (Lipinski definition) is 0. The lowest BCUT2D eigenvalue weighted by Crippen LogP contribution is -2.21. The van der Waals surface area contributed by atoms with Gasteiger partial charge in [0.2, 0.25) is 0 Å². The first-order chi connectivity index (χ1) is 8.56. The Morgan fingerprint density at radius 3 is 2.33 bits per heavy atom. The van der Waals surface area contributed by atoms with Crippen LogP contribution in [0.1, 0.15) is 6.92 Å². The molecule has 0 radical (unpaired) electrons. The first kappa shape index (κ1) is 12.8. The number of nitrogens with zero attached hydrogens (tertiary/aromatic N) is 1.